The Labute approximate surface area is 150 Å². The molecule has 0 rings (SSSR count). The number of hydrogen-bond donors (Lipinski definition) is 3. The second kappa shape index (κ2) is 16.1. The molecule has 0 bridgehead atoms. The molecule has 0 aromatic heterocycles. The van der Waals surface area contributed by atoms with E-state index in [-0.39, 0.29) is 6.42 Å². The van der Waals surface area contributed by atoms with Crippen LogP contribution in [0, 0.1) is 5.92 Å². The van der Waals surface area contributed by atoms with Gasteiger partial charge >= 0.3 is 11.9 Å². The van der Waals surface area contributed by atoms with Crippen molar-refractivity contribution in [3.63, 3.8) is 0 Å². The SMILES string of the molecule is CCCCCCCCCCC=CC(CC(=O)O)C(=O)OC(CO)CO. The van der Waals surface area contributed by atoms with Gasteiger partial charge in [-0.15, -0.1) is 0 Å². The average Bonchev–Trinajstić information content (AvgIpc) is 2.59. The first-order valence-electron chi connectivity index (χ1n) is 9.35. The number of rotatable bonds is 16. The Morgan fingerprint density at radius 1 is 0.960 bits per heavy atom. The van der Waals surface area contributed by atoms with Crippen LogP contribution in [0.3, 0.4) is 0 Å². The first kappa shape index (κ1) is 23.6. The van der Waals surface area contributed by atoms with Crippen LogP contribution in [-0.4, -0.2) is 46.6 Å². The lowest BCUT2D eigenvalue weighted by molar-refractivity contribution is -0.159. The highest BCUT2D eigenvalue weighted by Crippen LogP contribution is 2.13. The second-order valence-corrected chi connectivity index (χ2v) is 6.32. The quantitative estimate of drug-likeness (QED) is 0.222. The third-order valence-electron chi connectivity index (χ3n) is 3.98. The molecule has 0 aliphatic heterocycles. The highest BCUT2D eigenvalue weighted by atomic mass is 16.6. The number of carboxylic acids is 1. The number of esters is 1. The van der Waals surface area contributed by atoms with Crippen LogP contribution in [0.2, 0.25) is 0 Å². The van der Waals surface area contributed by atoms with Gasteiger partial charge in [0.1, 0.15) is 6.10 Å². The first-order chi connectivity index (χ1) is 12.0. The van der Waals surface area contributed by atoms with Gasteiger partial charge in [0, 0.05) is 0 Å². The molecule has 0 amide bonds. The van der Waals surface area contributed by atoms with Crippen LogP contribution in [0.5, 0.6) is 0 Å². The number of hydrogen-bond acceptors (Lipinski definition) is 5. The van der Waals surface area contributed by atoms with Gasteiger partial charge < -0.3 is 20.1 Å². The molecule has 6 heteroatoms. The molecule has 25 heavy (non-hydrogen) atoms. The van der Waals surface area contributed by atoms with Crippen molar-refractivity contribution < 1.29 is 29.6 Å². The zero-order valence-electron chi connectivity index (χ0n) is 15.4. The first-order valence-corrected chi connectivity index (χ1v) is 9.35. The van der Waals surface area contributed by atoms with Gasteiger partial charge in [0.15, 0.2) is 0 Å². The fourth-order valence-electron chi connectivity index (χ4n) is 2.46. The standard InChI is InChI=1S/C19H34O6/c1-2-3-4-5-6-7-8-9-10-11-12-16(13-18(22)23)19(24)25-17(14-20)15-21/h11-12,16-17,20-21H,2-10,13-15H2,1H3,(H,22,23). The van der Waals surface area contributed by atoms with Gasteiger partial charge in [0.25, 0.3) is 0 Å². The minimum absolute atomic E-state index is 0.365. The number of carbonyl (C=O) groups is 2. The van der Waals surface area contributed by atoms with E-state index < -0.39 is 37.2 Å². The van der Waals surface area contributed by atoms with Crippen LogP contribution in [0.1, 0.15) is 71.1 Å². The fourth-order valence-corrected chi connectivity index (χ4v) is 2.46. The monoisotopic (exact) mass is 358 g/mol. The lowest BCUT2D eigenvalue weighted by Crippen LogP contribution is -2.29. The summed E-state index contributed by atoms with van der Waals surface area (Å²) in [5.74, 6) is -2.72. The summed E-state index contributed by atoms with van der Waals surface area (Å²) in [5, 5.41) is 26.8. The summed E-state index contributed by atoms with van der Waals surface area (Å²) in [6.45, 7) is 1.21. The molecule has 6 nitrogen and oxygen atoms in total. The van der Waals surface area contributed by atoms with E-state index in [1.807, 2.05) is 6.08 Å². The Morgan fingerprint density at radius 3 is 2.04 bits per heavy atom. The number of aliphatic carboxylic acids is 1. The normalized spacial score (nSPS) is 12.6. The summed E-state index contributed by atoms with van der Waals surface area (Å²) < 4.78 is 4.90. The highest BCUT2D eigenvalue weighted by molar-refractivity contribution is 5.80. The van der Waals surface area contributed by atoms with Crippen molar-refractivity contribution in [3.8, 4) is 0 Å². The van der Waals surface area contributed by atoms with Crippen molar-refractivity contribution in [1.82, 2.24) is 0 Å². The second-order valence-electron chi connectivity index (χ2n) is 6.32. The third-order valence-corrected chi connectivity index (χ3v) is 3.98. The maximum atomic E-state index is 11.9. The van der Waals surface area contributed by atoms with Gasteiger partial charge in [-0.25, -0.2) is 0 Å². The van der Waals surface area contributed by atoms with Crippen molar-refractivity contribution in [2.75, 3.05) is 13.2 Å². The molecular formula is C19H34O6. The molecule has 1 atom stereocenters. The number of aliphatic hydroxyl groups excluding tert-OH is 2. The summed E-state index contributed by atoms with van der Waals surface area (Å²) in [6.07, 6.45) is 12.5. The summed E-state index contributed by atoms with van der Waals surface area (Å²) in [7, 11) is 0. The number of aliphatic hydroxyl groups is 2. The Bertz CT molecular complexity index is 376. The van der Waals surface area contributed by atoms with Crippen LogP contribution in [0.25, 0.3) is 0 Å². The summed E-state index contributed by atoms with van der Waals surface area (Å²) in [5.41, 5.74) is 0. The molecule has 0 saturated heterocycles. The number of unbranched alkanes of at least 4 members (excludes halogenated alkanes) is 8. The predicted octanol–water partition coefficient (Wildman–Crippen LogP) is 3.06. The van der Waals surface area contributed by atoms with Gasteiger partial charge in [-0.05, 0) is 12.8 Å². The highest BCUT2D eigenvalue weighted by Gasteiger charge is 2.23. The lowest BCUT2D eigenvalue weighted by Gasteiger charge is -2.16. The summed E-state index contributed by atoms with van der Waals surface area (Å²) >= 11 is 0. The van der Waals surface area contributed by atoms with Crippen LogP contribution in [0.15, 0.2) is 12.2 Å². The van der Waals surface area contributed by atoms with E-state index in [2.05, 4.69) is 6.92 Å². The van der Waals surface area contributed by atoms with E-state index in [1.54, 1.807) is 6.08 Å². The van der Waals surface area contributed by atoms with Crippen molar-refractivity contribution in [1.29, 1.82) is 0 Å². The topological polar surface area (TPSA) is 104 Å². The Balaban J connectivity index is 4.10. The Kier molecular flexibility index (Phi) is 15.2. The Hall–Kier alpha value is -1.40. The van der Waals surface area contributed by atoms with E-state index in [0.717, 1.165) is 19.3 Å². The maximum absolute atomic E-state index is 11.9. The van der Waals surface area contributed by atoms with Crippen LogP contribution in [0.4, 0.5) is 0 Å². The molecule has 1 unspecified atom stereocenters. The van der Waals surface area contributed by atoms with E-state index in [9.17, 15) is 9.59 Å². The van der Waals surface area contributed by atoms with Crippen molar-refractivity contribution in [2.45, 2.75) is 77.2 Å². The van der Waals surface area contributed by atoms with E-state index in [0.29, 0.717) is 0 Å². The molecular weight excluding hydrogens is 324 g/mol. The smallest absolute Gasteiger partial charge is 0.313 e. The average molecular weight is 358 g/mol. The van der Waals surface area contributed by atoms with Gasteiger partial charge in [-0.2, -0.15) is 0 Å². The molecule has 0 spiro atoms. The minimum Gasteiger partial charge on any atom is -0.481 e. The fraction of sp³-hybridized carbons (Fsp3) is 0.789. The summed E-state index contributed by atoms with van der Waals surface area (Å²) in [4.78, 5) is 22.8. The van der Waals surface area contributed by atoms with E-state index >= 15 is 0 Å². The van der Waals surface area contributed by atoms with Crippen LogP contribution < -0.4 is 0 Å². The largest absolute Gasteiger partial charge is 0.481 e. The maximum Gasteiger partial charge on any atom is 0.313 e. The number of allylic oxidation sites excluding steroid dienone is 1. The van der Waals surface area contributed by atoms with Crippen molar-refractivity contribution >= 4 is 11.9 Å². The molecule has 146 valence electrons. The van der Waals surface area contributed by atoms with E-state index in [4.69, 9.17) is 20.1 Å². The number of carboxylic acid groups (broad SMARTS) is 1. The molecule has 3 N–H and O–H groups in total. The number of carbonyl (C=O) groups excluding carboxylic acids is 1. The Morgan fingerprint density at radius 2 is 1.52 bits per heavy atom. The molecule has 0 radical (unpaired) electrons. The molecule has 0 aromatic carbocycles. The van der Waals surface area contributed by atoms with Gasteiger partial charge in [0.2, 0.25) is 0 Å². The molecule has 0 aromatic rings. The molecule has 0 aliphatic carbocycles. The zero-order chi connectivity index (χ0) is 18.9. The molecule has 0 saturated carbocycles. The molecule has 0 aliphatic rings. The van der Waals surface area contributed by atoms with Crippen LogP contribution >= 0.6 is 0 Å². The summed E-state index contributed by atoms with van der Waals surface area (Å²) in [6, 6.07) is 0. The number of ether oxygens (including phenoxy) is 1. The van der Waals surface area contributed by atoms with E-state index in [1.165, 1.54) is 38.5 Å². The van der Waals surface area contributed by atoms with Crippen molar-refractivity contribution in [3.05, 3.63) is 12.2 Å². The minimum atomic E-state index is -1.09. The lowest BCUT2D eigenvalue weighted by atomic mass is 10.0. The van der Waals surface area contributed by atoms with Crippen molar-refractivity contribution in [2.24, 2.45) is 5.92 Å². The van der Waals surface area contributed by atoms with Crippen LogP contribution in [-0.2, 0) is 14.3 Å². The van der Waals surface area contributed by atoms with Gasteiger partial charge in [0.05, 0.1) is 25.6 Å². The van der Waals surface area contributed by atoms with Gasteiger partial charge in [-0.1, -0.05) is 64.0 Å². The third kappa shape index (κ3) is 13.6. The predicted molar refractivity (Wildman–Crippen MR) is 96.2 cm³/mol. The zero-order valence-corrected chi connectivity index (χ0v) is 15.4. The molecule has 0 fully saturated rings. The van der Waals surface area contributed by atoms with Gasteiger partial charge in [-0.3, -0.25) is 9.59 Å². The molecule has 0 heterocycles.